The van der Waals surface area contributed by atoms with Crippen LogP contribution >= 0.6 is 0 Å². The maximum Gasteiger partial charge on any atom is 0.0272 e. The highest BCUT2D eigenvalue weighted by molar-refractivity contribution is 4.37. The van der Waals surface area contributed by atoms with E-state index < -0.39 is 0 Å². The van der Waals surface area contributed by atoms with Crippen LogP contribution in [0.3, 0.4) is 0 Å². The van der Waals surface area contributed by atoms with E-state index in [-0.39, 0.29) is 0 Å². The molecule has 0 aromatic rings. The van der Waals surface area contributed by atoms with Crippen molar-refractivity contribution < 1.29 is 0 Å². The molecule has 0 aromatic carbocycles. The zero-order valence-corrected chi connectivity index (χ0v) is 4.31. The van der Waals surface area contributed by atoms with Gasteiger partial charge < -0.3 is 0 Å². The van der Waals surface area contributed by atoms with Crippen molar-refractivity contribution in [3.05, 3.63) is 0 Å². The fraction of sp³-hybridized carbons (Fsp3) is 1.00. The smallest absolute Gasteiger partial charge is 0.0272 e. The number of nitrogens with zero attached hydrogens (tertiary/aromatic N) is 2. The maximum absolute atomic E-state index is 3.83. The lowest BCUT2D eigenvalue weighted by atomic mass is 10.6. The summed E-state index contributed by atoms with van der Waals surface area (Å²) in [7, 11) is 3.59. The molecule has 0 aliphatic rings. The molecule has 0 unspecified atom stereocenters. The Kier molecular flexibility index (Phi) is 4.85. The Morgan fingerprint density at radius 1 is 1.00 bits per heavy atom. The zero-order valence-electron chi connectivity index (χ0n) is 4.31. The van der Waals surface area contributed by atoms with E-state index in [1.54, 1.807) is 14.1 Å². The van der Waals surface area contributed by atoms with Crippen LogP contribution in [0.4, 0.5) is 0 Å². The first-order valence-electron chi connectivity index (χ1n) is 2.03. The third-order valence-electron chi connectivity index (χ3n) is 0.547. The molecule has 0 aliphatic heterocycles. The number of hydrogen-bond donors (Lipinski definition) is 0. The van der Waals surface area contributed by atoms with Crippen LogP contribution in [0, 0.1) is 0 Å². The lowest BCUT2D eigenvalue weighted by molar-refractivity contribution is 0.699. The van der Waals surface area contributed by atoms with Crippen LogP contribution < -0.4 is 10.6 Å². The standard InChI is InChI=1S/C4H10N2/c1-5-3-4-6-2/h3-4H2,1-2H3. The molecule has 0 amide bonds. The number of likely N-dealkylation sites (N-methyl/N-ethyl adjacent to an activating group) is 2. The second-order valence-electron chi connectivity index (χ2n) is 1.08. The molecule has 0 aliphatic carbocycles. The Hall–Kier alpha value is -0.0800. The molecule has 0 spiro atoms. The van der Waals surface area contributed by atoms with Gasteiger partial charge in [0.25, 0.3) is 0 Å². The minimum absolute atomic E-state index is 0.872. The molecule has 0 fully saturated rings. The van der Waals surface area contributed by atoms with Crippen molar-refractivity contribution in [3.8, 4) is 0 Å². The van der Waals surface area contributed by atoms with Gasteiger partial charge in [-0.25, -0.2) is 10.6 Å². The first-order chi connectivity index (χ1) is 2.91. The summed E-state index contributed by atoms with van der Waals surface area (Å²) in [5, 5.41) is 7.66. The molecule has 6 heavy (non-hydrogen) atoms. The molecule has 0 heterocycles. The van der Waals surface area contributed by atoms with Crippen molar-refractivity contribution >= 4 is 0 Å². The maximum atomic E-state index is 3.83. The van der Waals surface area contributed by atoms with Crippen LogP contribution in [0.15, 0.2) is 0 Å². The normalized spacial score (nSPS) is 9.00. The predicted octanol–water partition coefficient (Wildman–Crippen LogP) is -0.545. The summed E-state index contributed by atoms with van der Waals surface area (Å²) in [6.45, 7) is 1.74. The summed E-state index contributed by atoms with van der Waals surface area (Å²) in [4.78, 5) is 0. The predicted molar refractivity (Wildman–Crippen MR) is 25.8 cm³/mol. The van der Waals surface area contributed by atoms with E-state index in [1.807, 2.05) is 0 Å². The van der Waals surface area contributed by atoms with Gasteiger partial charge in [-0.15, -0.1) is 0 Å². The van der Waals surface area contributed by atoms with E-state index >= 15 is 0 Å². The summed E-state index contributed by atoms with van der Waals surface area (Å²) in [5.41, 5.74) is 0. The van der Waals surface area contributed by atoms with Crippen LogP contribution in [0.5, 0.6) is 0 Å². The third kappa shape index (κ3) is 3.92. The molecule has 2 heteroatoms. The molecule has 0 N–H and O–H groups in total. The van der Waals surface area contributed by atoms with Gasteiger partial charge in [-0.2, -0.15) is 0 Å². The Morgan fingerprint density at radius 2 is 1.33 bits per heavy atom. The molecule has 0 aromatic heterocycles. The van der Waals surface area contributed by atoms with Crippen molar-refractivity contribution in [2.75, 3.05) is 27.2 Å². The van der Waals surface area contributed by atoms with Gasteiger partial charge >= 0.3 is 0 Å². The van der Waals surface area contributed by atoms with Crippen molar-refractivity contribution in [3.63, 3.8) is 0 Å². The second kappa shape index (κ2) is 4.92. The molecule has 0 bridgehead atoms. The summed E-state index contributed by atoms with van der Waals surface area (Å²) in [6.07, 6.45) is 0. The number of rotatable bonds is 3. The van der Waals surface area contributed by atoms with Crippen molar-refractivity contribution in [2.45, 2.75) is 0 Å². The summed E-state index contributed by atoms with van der Waals surface area (Å²) in [6, 6.07) is 0. The fourth-order valence-electron chi connectivity index (χ4n) is 0.200. The first kappa shape index (κ1) is 5.92. The van der Waals surface area contributed by atoms with Gasteiger partial charge in [0.2, 0.25) is 0 Å². The Bertz CT molecular complexity index is 17.5. The van der Waals surface area contributed by atoms with E-state index in [4.69, 9.17) is 0 Å². The van der Waals surface area contributed by atoms with Gasteiger partial charge in [0.05, 0.1) is 0 Å². The Labute approximate surface area is 38.9 Å². The highest BCUT2D eigenvalue weighted by Gasteiger charge is 1.74. The highest BCUT2D eigenvalue weighted by atomic mass is 14.9. The van der Waals surface area contributed by atoms with E-state index in [2.05, 4.69) is 10.6 Å². The molecule has 0 saturated heterocycles. The average molecular weight is 86.1 g/mol. The quantitative estimate of drug-likeness (QED) is 0.412. The van der Waals surface area contributed by atoms with Crippen LogP contribution in [-0.4, -0.2) is 27.2 Å². The molecule has 2 radical (unpaired) electrons. The van der Waals surface area contributed by atoms with Crippen LogP contribution in [0.2, 0.25) is 0 Å². The zero-order chi connectivity index (χ0) is 4.83. The second-order valence-corrected chi connectivity index (χ2v) is 1.08. The molecular formula is C4H10N2. The summed E-state index contributed by atoms with van der Waals surface area (Å²) >= 11 is 0. The van der Waals surface area contributed by atoms with E-state index in [9.17, 15) is 0 Å². The molecule has 0 rings (SSSR count). The Balaban J connectivity index is 2.34. The third-order valence-corrected chi connectivity index (χ3v) is 0.547. The number of hydrogen-bond acceptors (Lipinski definition) is 0. The molecular weight excluding hydrogens is 76.1 g/mol. The van der Waals surface area contributed by atoms with Gasteiger partial charge in [0.1, 0.15) is 0 Å². The van der Waals surface area contributed by atoms with Crippen LogP contribution in [-0.2, 0) is 0 Å². The van der Waals surface area contributed by atoms with Crippen molar-refractivity contribution in [1.29, 1.82) is 0 Å². The minimum atomic E-state index is 0.872. The molecule has 0 saturated carbocycles. The fourth-order valence-corrected chi connectivity index (χ4v) is 0.200. The van der Waals surface area contributed by atoms with Gasteiger partial charge in [-0.05, 0) is 0 Å². The lowest BCUT2D eigenvalue weighted by Gasteiger charge is -1.88. The van der Waals surface area contributed by atoms with Crippen LogP contribution in [0.25, 0.3) is 0 Å². The van der Waals surface area contributed by atoms with Gasteiger partial charge in [0, 0.05) is 27.2 Å². The van der Waals surface area contributed by atoms with Gasteiger partial charge in [0.15, 0.2) is 0 Å². The topological polar surface area (TPSA) is 28.2 Å². The van der Waals surface area contributed by atoms with Crippen molar-refractivity contribution in [2.24, 2.45) is 0 Å². The van der Waals surface area contributed by atoms with E-state index in [0.717, 1.165) is 13.1 Å². The molecule has 2 nitrogen and oxygen atoms in total. The summed E-state index contributed by atoms with van der Waals surface area (Å²) < 4.78 is 0. The van der Waals surface area contributed by atoms with Crippen molar-refractivity contribution in [1.82, 2.24) is 10.6 Å². The van der Waals surface area contributed by atoms with Gasteiger partial charge in [-0.3, -0.25) is 0 Å². The summed E-state index contributed by atoms with van der Waals surface area (Å²) in [5.74, 6) is 0. The average Bonchev–Trinajstić information content (AvgIpc) is 1.61. The lowest BCUT2D eigenvalue weighted by Crippen LogP contribution is -2.11. The largest absolute Gasteiger partial charge is 0.244 e. The minimum Gasteiger partial charge on any atom is -0.244 e. The first-order valence-corrected chi connectivity index (χ1v) is 2.03. The van der Waals surface area contributed by atoms with Crippen LogP contribution in [0.1, 0.15) is 0 Å². The Morgan fingerprint density at radius 3 is 1.50 bits per heavy atom. The van der Waals surface area contributed by atoms with Gasteiger partial charge in [-0.1, -0.05) is 0 Å². The van der Waals surface area contributed by atoms with E-state index in [1.165, 1.54) is 0 Å². The monoisotopic (exact) mass is 86.1 g/mol. The molecule has 0 atom stereocenters. The molecule has 36 valence electrons. The SMILES string of the molecule is C[N]CC[N]C. The van der Waals surface area contributed by atoms with E-state index in [0.29, 0.717) is 0 Å². The highest BCUT2D eigenvalue weighted by Crippen LogP contribution is 1.51.